The molecule has 2 heterocycles. The van der Waals surface area contributed by atoms with Gasteiger partial charge in [-0.2, -0.15) is 0 Å². The van der Waals surface area contributed by atoms with Crippen molar-refractivity contribution >= 4 is 11.6 Å². The van der Waals surface area contributed by atoms with Crippen molar-refractivity contribution in [1.82, 2.24) is 15.3 Å². The molecular weight excluding hydrogens is 288 g/mol. The van der Waals surface area contributed by atoms with E-state index >= 15 is 0 Å². The highest BCUT2D eigenvalue weighted by molar-refractivity contribution is 5.93. The fraction of sp³-hybridized carbons (Fsp3) is 0.389. The Hall–Kier alpha value is -2.43. The Kier molecular flexibility index (Phi) is 5.32. The van der Waals surface area contributed by atoms with Crippen molar-refractivity contribution in [2.24, 2.45) is 0 Å². The monoisotopic (exact) mass is 312 g/mol. The van der Waals surface area contributed by atoms with Crippen LogP contribution in [0.1, 0.15) is 36.8 Å². The third-order valence-corrected chi connectivity index (χ3v) is 3.39. The van der Waals surface area contributed by atoms with Crippen LogP contribution < -0.4 is 10.2 Å². The highest BCUT2D eigenvalue weighted by atomic mass is 16.2. The molecule has 0 unspecified atom stereocenters. The van der Waals surface area contributed by atoms with E-state index in [0.717, 1.165) is 18.7 Å². The van der Waals surface area contributed by atoms with E-state index in [4.69, 9.17) is 0 Å². The van der Waals surface area contributed by atoms with E-state index < -0.39 is 0 Å². The van der Waals surface area contributed by atoms with Crippen LogP contribution >= 0.6 is 0 Å². The zero-order valence-electron chi connectivity index (χ0n) is 14.2. The van der Waals surface area contributed by atoms with Gasteiger partial charge in [-0.3, -0.25) is 14.8 Å². The van der Waals surface area contributed by atoms with Crippen molar-refractivity contribution in [3.05, 3.63) is 54.1 Å². The van der Waals surface area contributed by atoms with Gasteiger partial charge in [-0.1, -0.05) is 0 Å². The van der Waals surface area contributed by atoms with Gasteiger partial charge >= 0.3 is 0 Å². The molecule has 5 heteroatoms. The molecule has 0 aromatic carbocycles. The SMILES string of the molecule is CN(CCc1ccncc1)c1ccnc(C(=O)NC(C)(C)C)c1. The molecule has 0 spiro atoms. The summed E-state index contributed by atoms with van der Waals surface area (Å²) in [7, 11) is 2.02. The number of nitrogens with one attached hydrogen (secondary N) is 1. The minimum Gasteiger partial charge on any atom is -0.374 e. The van der Waals surface area contributed by atoms with Crippen LogP contribution in [0.3, 0.4) is 0 Å². The summed E-state index contributed by atoms with van der Waals surface area (Å²) in [6.45, 7) is 6.72. The lowest BCUT2D eigenvalue weighted by molar-refractivity contribution is 0.0914. The van der Waals surface area contributed by atoms with Gasteiger partial charge < -0.3 is 10.2 Å². The summed E-state index contributed by atoms with van der Waals surface area (Å²) in [4.78, 5) is 22.5. The highest BCUT2D eigenvalue weighted by Gasteiger charge is 2.16. The van der Waals surface area contributed by atoms with Crippen molar-refractivity contribution in [2.45, 2.75) is 32.7 Å². The molecule has 1 N–H and O–H groups in total. The molecule has 0 saturated carbocycles. The minimum atomic E-state index is -0.276. The van der Waals surface area contributed by atoms with E-state index in [1.165, 1.54) is 5.56 Å². The van der Waals surface area contributed by atoms with E-state index in [1.807, 2.05) is 52.1 Å². The second-order valence-electron chi connectivity index (χ2n) is 6.63. The van der Waals surface area contributed by atoms with E-state index in [9.17, 15) is 4.79 Å². The summed E-state index contributed by atoms with van der Waals surface area (Å²) < 4.78 is 0. The molecule has 2 aromatic heterocycles. The van der Waals surface area contributed by atoms with Gasteiger partial charge in [0.15, 0.2) is 0 Å². The fourth-order valence-electron chi connectivity index (χ4n) is 2.16. The van der Waals surface area contributed by atoms with Crippen LogP contribution in [0.15, 0.2) is 42.9 Å². The number of anilines is 1. The Balaban J connectivity index is 2.02. The molecule has 0 aliphatic heterocycles. The number of amides is 1. The molecule has 23 heavy (non-hydrogen) atoms. The van der Waals surface area contributed by atoms with Crippen LogP contribution in [0, 0.1) is 0 Å². The molecule has 0 bridgehead atoms. The Labute approximate surface area is 137 Å². The van der Waals surface area contributed by atoms with Crippen molar-refractivity contribution < 1.29 is 4.79 Å². The number of likely N-dealkylation sites (N-methyl/N-ethyl adjacent to an activating group) is 1. The first-order chi connectivity index (χ1) is 10.8. The van der Waals surface area contributed by atoms with Crippen LogP contribution in [0.4, 0.5) is 5.69 Å². The summed E-state index contributed by atoms with van der Waals surface area (Å²) in [6.07, 6.45) is 6.20. The van der Waals surface area contributed by atoms with Gasteiger partial charge in [0.25, 0.3) is 5.91 Å². The molecule has 0 aliphatic carbocycles. The number of pyridine rings is 2. The van der Waals surface area contributed by atoms with Crippen molar-refractivity contribution in [2.75, 3.05) is 18.5 Å². The number of rotatable bonds is 5. The first-order valence-electron chi connectivity index (χ1n) is 7.74. The van der Waals surface area contributed by atoms with Gasteiger partial charge in [0.05, 0.1) is 0 Å². The molecule has 1 amide bonds. The van der Waals surface area contributed by atoms with Crippen molar-refractivity contribution in [1.29, 1.82) is 0 Å². The Morgan fingerprint density at radius 1 is 1.17 bits per heavy atom. The predicted molar refractivity (Wildman–Crippen MR) is 92.7 cm³/mol. The molecule has 0 radical (unpaired) electrons. The summed E-state index contributed by atoms with van der Waals surface area (Å²) in [5.41, 5.74) is 2.38. The predicted octanol–water partition coefficient (Wildman–Crippen LogP) is 2.68. The zero-order valence-corrected chi connectivity index (χ0v) is 14.2. The van der Waals surface area contributed by atoms with Crippen LogP contribution in [-0.4, -0.2) is 35.0 Å². The van der Waals surface area contributed by atoms with Crippen LogP contribution in [0.25, 0.3) is 0 Å². The number of hydrogen-bond donors (Lipinski definition) is 1. The molecule has 0 fully saturated rings. The molecule has 0 saturated heterocycles. The first kappa shape index (κ1) is 16.9. The Morgan fingerprint density at radius 2 is 1.87 bits per heavy atom. The van der Waals surface area contributed by atoms with Crippen LogP contribution in [0.5, 0.6) is 0 Å². The van der Waals surface area contributed by atoms with Gasteiger partial charge in [0, 0.05) is 43.4 Å². The largest absolute Gasteiger partial charge is 0.374 e. The van der Waals surface area contributed by atoms with Crippen molar-refractivity contribution in [3.63, 3.8) is 0 Å². The molecule has 2 rings (SSSR count). The van der Waals surface area contributed by atoms with E-state index in [0.29, 0.717) is 5.69 Å². The number of carbonyl (C=O) groups is 1. The number of aromatic nitrogens is 2. The Morgan fingerprint density at radius 3 is 2.52 bits per heavy atom. The fourth-order valence-corrected chi connectivity index (χ4v) is 2.16. The molecule has 5 nitrogen and oxygen atoms in total. The van der Waals surface area contributed by atoms with Crippen molar-refractivity contribution in [3.8, 4) is 0 Å². The summed E-state index contributed by atoms with van der Waals surface area (Å²) in [6, 6.07) is 7.78. The molecule has 2 aromatic rings. The second-order valence-corrected chi connectivity index (χ2v) is 6.63. The number of hydrogen-bond acceptors (Lipinski definition) is 4. The average molecular weight is 312 g/mol. The van der Waals surface area contributed by atoms with Gasteiger partial charge in [0.2, 0.25) is 0 Å². The molecular formula is C18H24N4O. The topological polar surface area (TPSA) is 58.1 Å². The van der Waals surface area contributed by atoms with Crippen LogP contribution in [-0.2, 0) is 6.42 Å². The van der Waals surface area contributed by atoms with Gasteiger partial charge in [-0.05, 0) is 57.0 Å². The maximum absolute atomic E-state index is 12.2. The maximum atomic E-state index is 12.2. The Bertz CT molecular complexity index is 650. The lowest BCUT2D eigenvalue weighted by atomic mass is 10.1. The summed E-state index contributed by atoms with van der Waals surface area (Å²) >= 11 is 0. The van der Waals surface area contributed by atoms with Crippen LogP contribution in [0.2, 0.25) is 0 Å². The average Bonchev–Trinajstić information content (AvgIpc) is 2.52. The molecule has 122 valence electrons. The van der Waals surface area contributed by atoms with E-state index in [-0.39, 0.29) is 11.4 Å². The minimum absolute atomic E-state index is 0.151. The zero-order chi connectivity index (χ0) is 16.9. The van der Waals surface area contributed by atoms with Gasteiger partial charge in [-0.25, -0.2) is 0 Å². The normalized spacial score (nSPS) is 11.1. The molecule has 0 atom stereocenters. The maximum Gasteiger partial charge on any atom is 0.270 e. The van der Waals surface area contributed by atoms with E-state index in [2.05, 4.69) is 20.2 Å². The number of nitrogens with zero attached hydrogens (tertiary/aromatic N) is 3. The van der Waals surface area contributed by atoms with E-state index in [1.54, 1.807) is 18.6 Å². The second kappa shape index (κ2) is 7.22. The van der Waals surface area contributed by atoms with Gasteiger partial charge in [0.1, 0.15) is 5.69 Å². The highest BCUT2D eigenvalue weighted by Crippen LogP contribution is 2.14. The lowest BCUT2D eigenvalue weighted by Crippen LogP contribution is -2.41. The third kappa shape index (κ3) is 5.36. The lowest BCUT2D eigenvalue weighted by Gasteiger charge is -2.22. The number of carbonyl (C=O) groups excluding carboxylic acids is 1. The molecule has 0 aliphatic rings. The third-order valence-electron chi connectivity index (χ3n) is 3.39. The first-order valence-corrected chi connectivity index (χ1v) is 7.74. The summed E-state index contributed by atoms with van der Waals surface area (Å²) in [5.74, 6) is -0.151. The quantitative estimate of drug-likeness (QED) is 0.922. The summed E-state index contributed by atoms with van der Waals surface area (Å²) in [5, 5.41) is 2.93. The smallest absolute Gasteiger partial charge is 0.270 e. The van der Waals surface area contributed by atoms with Gasteiger partial charge in [-0.15, -0.1) is 0 Å². The standard InChI is InChI=1S/C18H24N4O/c1-18(2,3)21-17(23)16-13-15(7-11-20-16)22(4)12-8-14-5-9-19-10-6-14/h5-7,9-11,13H,8,12H2,1-4H3,(H,21,23).